The van der Waals surface area contributed by atoms with E-state index in [9.17, 15) is 9.90 Å². The van der Waals surface area contributed by atoms with Crippen LogP contribution in [0.25, 0.3) is 0 Å². The second-order valence-electron chi connectivity index (χ2n) is 3.41. The van der Waals surface area contributed by atoms with Gasteiger partial charge in [0, 0.05) is 11.6 Å². The highest BCUT2D eigenvalue weighted by molar-refractivity contribution is 6.61. The molecular formula is C7H13ClO3. The lowest BCUT2D eigenvalue weighted by atomic mass is 9.90. The van der Waals surface area contributed by atoms with Gasteiger partial charge in [-0.1, -0.05) is 0 Å². The van der Waals surface area contributed by atoms with Crippen LogP contribution in [0.5, 0.6) is 0 Å². The highest BCUT2D eigenvalue weighted by atomic mass is 35.5. The van der Waals surface area contributed by atoms with Gasteiger partial charge in [-0.2, -0.15) is 0 Å². The highest BCUT2D eigenvalue weighted by Gasteiger charge is 2.38. The van der Waals surface area contributed by atoms with E-state index in [0.717, 1.165) is 0 Å². The molecule has 11 heavy (non-hydrogen) atoms. The monoisotopic (exact) mass is 180 g/mol. The molecule has 0 bridgehead atoms. The molecule has 0 atom stereocenters. The Kier molecular flexibility index (Phi) is 2.91. The minimum atomic E-state index is -1.10. The maximum absolute atomic E-state index is 10.3. The third-order valence-corrected chi connectivity index (χ3v) is 1.89. The van der Waals surface area contributed by atoms with Crippen molar-refractivity contribution in [2.75, 3.05) is 0 Å². The zero-order valence-electron chi connectivity index (χ0n) is 7.14. The SMILES string of the molecule is CC(C)(O)C(C)(C)OC(=O)Cl. The Morgan fingerprint density at radius 3 is 1.82 bits per heavy atom. The zero-order chi connectivity index (χ0) is 9.28. The average Bonchev–Trinajstić information content (AvgIpc) is 1.56. The second kappa shape index (κ2) is 2.99. The van der Waals surface area contributed by atoms with E-state index in [2.05, 4.69) is 4.74 Å². The fourth-order valence-electron chi connectivity index (χ4n) is 0.325. The van der Waals surface area contributed by atoms with Crippen LogP contribution in [0.3, 0.4) is 0 Å². The van der Waals surface area contributed by atoms with Gasteiger partial charge < -0.3 is 9.84 Å². The fraction of sp³-hybridized carbons (Fsp3) is 0.857. The lowest BCUT2D eigenvalue weighted by Crippen LogP contribution is -2.47. The van der Waals surface area contributed by atoms with E-state index in [0.29, 0.717) is 0 Å². The molecule has 0 aliphatic carbocycles. The molecule has 0 aromatic heterocycles. The molecule has 0 amide bonds. The first-order chi connectivity index (χ1) is 4.67. The maximum Gasteiger partial charge on any atom is 0.404 e. The summed E-state index contributed by atoms with van der Waals surface area (Å²) in [6.45, 7) is 6.28. The number of aliphatic hydroxyl groups is 1. The van der Waals surface area contributed by atoms with Gasteiger partial charge in [-0.05, 0) is 27.7 Å². The van der Waals surface area contributed by atoms with Crippen molar-refractivity contribution < 1.29 is 14.6 Å². The first kappa shape index (κ1) is 10.7. The van der Waals surface area contributed by atoms with Crippen molar-refractivity contribution in [2.24, 2.45) is 0 Å². The number of hydrogen-bond acceptors (Lipinski definition) is 3. The molecule has 0 spiro atoms. The predicted octanol–water partition coefficient (Wildman–Crippen LogP) is 1.91. The maximum atomic E-state index is 10.3. The van der Waals surface area contributed by atoms with Crippen LogP contribution in [0.2, 0.25) is 0 Å². The number of carbonyl (C=O) groups excluding carboxylic acids is 1. The van der Waals surface area contributed by atoms with Crippen molar-refractivity contribution in [3.63, 3.8) is 0 Å². The van der Waals surface area contributed by atoms with Crippen molar-refractivity contribution in [1.29, 1.82) is 0 Å². The minimum Gasteiger partial charge on any atom is -0.445 e. The number of rotatable bonds is 2. The lowest BCUT2D eigenvalue weighted by molar-refractivity contribution is -0.105. The zero-order valence-corrected chi connectivity index (χ0v) is 7.90. The van der Waals surface area contributed by atoms with Gasteiger partial charge in [-0.25, -0.2) is 4.79 Å². The Labute approximate surface area is 71.3 Å². The van der Waals surface area contributed by atoms with Crippen LogP contribution in [-0.4, -0.2) is 21.7 Å². The Balaban J connectivity index is 4.34. The summed E-state index contributed by atoms with van der Waals surface area (Å²) in [5, 5.41) is 9.46. The number of ether oxygens (including phenoxy) is 1. The van der Waals surface area contributed by atoms with Crippen LogP contribution >= 0.6 is 11.6 Å². The van der Waals surface area contributed by atoms with Gasteiger partial charge >= 0.3 is 5.43 Å². The van der Waals surface area contributed by atoms with Crippen LogP contribution in [0.1, 0.15) is 27.7 Å². The van der Waals surface area contributed by atoms with Gasteiger partial charge in [0.25, 0.3) is 0 Å². The van der Waals surface area contributed by atoms with E-state index in [1.54, 1.807) is 27.7 Å². The van der Waals surface area contributed by atoms with Gasteiger partial charge in [-0.3, -0.25) is 0 Å². The Hall–Kier alpha value is -0.280. The molecule has 0 rings (SSSR count). The van der Waals surface area contributed by atoms with E-state index in [1.807, 2.05) is 0 Å². The summed E-state index contributed by atoms with van der Waals surface area (Å²) < 4.78 is 4.68. The Morgan fingerprint density at radius 2 is 1.73 bits per heavy atom. The molecule has 1 N–H and O–H groups in total. The Morgan fingerprint density at radius 1 is 1.36 bits per heavy atom. The molecular weight excluding hydrogens is 168 g/mol. The predicted molar refractivity (Wildman–Crippen MR) is 42.7 cm³/mol. The Bertz CT molecular complexity index is 158. The van der Waals surface area contributed by atoms with Gasteiger partial charge in [0.1, 0.15) is 5.60 Å². The largest absolute Gasteiger partial charge is 0.445 e. The quantitative estimate of drug-likeness (QED) is 0.661. The molecule has 0 radical (unpaired) electrons. The van der Waals surface area contributed by atoms with E-state index in [4.69, 9.17) is 11.6 Å². The van der Waals surface area contributed by atoms with Crippen molar-refractivity contribution in [3.05, 3.63) is 0 Å². The molecule has 0 fully saturated rings. The van der Waals surface area contributed by atoms with Crippen LogP contribution in [-0.2, 0) is 4.74 Å². The van der Waals surface area contributed by atoms with E-state index in [-0.39, 0.29) is 0 Å². The standard InChI is InChI=1S/C7H13ClO3/c1-6(2,10)7(3,4)11-5(8)9/h10H,1-4H3. The molecule has 0 unspecified atom stereocenters. The van der Waals surface area contributed by atoms with Crippen molar-refractivity contribution in [3.8, 4) is 0 Å². The average molecular weight is 181 g/mol. The summed E-state index contributed by atoms with van der Waals surface area (Å²) >= 11 is 5.00. The first-order valence-corrected chi connectivity index (χ1v) is 3.65. The van der Waals surface area contributed by atoms with Gasteiger partial charge in [0.05, 0.1) is 5.60 Å². The highest BCUT2D eigenvalue weighted by Crippen LogP contribution is 2.25. The summed E-state index contributed by atoms with van der Waals surface area (Å²) in [5.74, 6) is 0. The van der Waals surface area contributed by atoms with Gasteiger partial charge in [0.15, 0.2) is 0 Å². The molecule has 0 aromatic carbocycles. The van der Waals surface area contributed by atoms with Gasteiger partial charge in [0.2, 0.25) is 0 Å². The molecule has 0 aromatic rings. The summed E-state index contributed by atoms with van der Waals surface area (Å²) in [6, 6.07) is 0. The molecule has 0 aliphatic rings. The molecule has 3 nitrogen and oxygen atoms in total. The number of halogens is 1. The van der Waals surface area contributed by atoms with E-state index < -0.39 is 16.6 Å². The summed E-state index contributed by atoms with van der Waals surface area (Å²) in [4.78, 5) is 10.3. The second-order valence-corrected chi connectivity index (χ2v) is 3.72. The van der Waals surface area contributed by atoms with Crippen molar-refractivity contribution >= 4 is 17.0 Å². The number of hydrogen-bond donors (Lipinski definition) is 1. The minimum absolute atomic E-state index is 0.905. The molecule has 4 heteroatoms. The molecule has 0 saturated carbocycles. The molecule has 0 saturated heterocycles. The third-order valence-electron chi connectivity index (χ3n) is 1.81. The van der Waals surface area contributed by atoms with E-state index in [1.165, 1.54) is 0 Å². The summed E-state index contributed by atoms with van der Waals surface area (Å²) in [6.07, 6.45) is 0. The van der Waals surface area contributed by atoms with Crippen LogP contribution in [0.4, 0.5) is 4.79 Å². The van der Waals surface area contributed by atoms with Crippen molar-refractivity contribution in [2.45, 2.75) is 38.9 Å². The lowest BCUT2D eigenvalue weighted by Gasteiger charge is -2.35. The third kappa shape index (κ3) is 3.08. The smallest absolute Gasteiger partial charge is 0.404 e. The number of carbonyl (C=O) groups is 1. The topological polar surface area (TPSA) is 46.5 Å². The fourth-order valence-corrected chi connectivity index (χ4v) is 0.518. The van der Waals surface area contributed by atoms with Crippen LogP contribution in [0.15, 0.2) is 0 Å². The molecule has 0 heterocycles. The van der Waals surface area contributed by atoms with Crippen LogP contribution < -0.4 is 0 Å². The summed E-state index contributed by atoms with van der Waals surface area (Å²) in [7, 11) is 0. The molecule has 0 aliphatic heterocycles. The molecule has 66 valence electrons. The van der Waals surface area contributed by atoms with Gasteiger partial charge in [-0.15, -0.1) is 0 Å². The van der Waals surface area contributed by atoms with E-state index >= 15 is 0 Å². The van der Waals surface area contributed by atoms with Crippen LogP contribution in [0, 0.1) is 0 Å². The summed E-state index contributed by atoms with van der Waals surface area (Å²) in [5.41, 5.74) is -2.97. The normalized spacial score (nSPS) is 12.9. The van der Waals surface area contributed by atoms with Crippen molar-refractivity contribution in [1.82, 2.24) is 0 Å². The first-order valence-electron chi connectivity index (χ1n) is 3.27.